The molecule has 0 spiro atoms. The molecule has 3 heterocycles. The minimum absolute atomic E-state index is 0.0142. The molecule has 3 aromatic rings. The van der Waals surface area contributed by atoms with Crippen LogP contribution in [-0.4, -0.2) is 69.6 Å². The number of aromatic nitrogens is 3. The molecule has 0 saturated carbocycles. The zero-order chi connectivity index (χ0) is 24.6. The third kappa shape index (κ3) is 5.23. The molecule has 2 fully saturated rings. The molecule has 8 nitrogen and oxygen atoms in total. The van der Waals surface area contributed by atoms with Gasteiger partial charge in [-0.05, 0) is 60.6 Å². The summed E-state index contributed by atoms with van der Waals surface area (Å²) in [5.74, 6) is 0.280. The Bertz CT molecular complexity index is 1230. The molecule has 2 aliphatic heterocycles. The van der Waals surface area contributed by atoms with Gasteiger partial charge in [-0.2, -0.15) is 0 Å². The van der Waals surface area contributed by atoms with E-state index in [4.69, 9.17) is 0 Å². The molecule has 184 valence electrons. The second-order valence-electron chi connectivity index (χ2n) is 9.09. The third-order valence-corrected chi connectivity index (χ3v) is 6.80. The Balaban J connectivity index is 1.13. The number of hydrogen-bond donors (Lipinski definition) is 1. The summed E-state index contributed by atoms with van der Waals surface area (Å²) in [6.07, 6.45) is -3.18. The molecule has 1 N–H and O–H groups in total. The number of nitrogens with one attached hydrogen (secondary N) is 1. The van der Waals surface area contributed by atoms with Crippen LogP contribution in [0, 0.1) is 11.8 Å². The van der Waals surface area contributed by atoms with E-state index in [0.717, 1.165) is 17.5 Å². The smallest absolute Gasteiger partial charge is 0.406 e. The number of halogens is 3. The highest BCUT2D eigenvalue weighted by molar-refractivity contribution is 5.97. The fourth-order valence-corrected chi connectivity index (χ4v) is 4.99. The number of H-pyrrole nitrogens is 1. The Hall–Kier alpha value is -3.63. The van der Waals surface area contributed by atoms with Crippen LogP contribution in [0.25, 0.3) is 11.0 Å². The molecule has 35 heavy (non-hydrogen) atoms. The minimum atomic E-state index is -4.73. The van der Waals surface area contributed by atoms with E-state index >= 15 is 0 Å². The summed E-state index contributed by atoms with van der Waals surface area (Å²) < 4.78 is 40.8. The first-order valence-electron chi connectivity index (χ1n) is 11.5. The SMILES string of the molecule is O=C(CCc1ccc(OC(F)(F)F)cc1)N1CCC2CN(C(=O)c3ccc4[nH]nnc4c3)CC2C1. The number of fused-ring (bicyclic) bond motifs is 2. The van der Waals surface area contributed by atoms with Crippen LogP contribution in [0.15, 0.2) is 42.5 Å². The van der Waals surface area contributed by atoms with Crippen molar-refractivity contribution in [3.8, 4) is 5.75 Å². The van der Waals surface area contributed by atoms with Crippen molar-refractivity contribution in [3.05, 3.63) is 53.6 Å². The number of rotatable bonds is 5. The van der Waals surface area contributed by atoms with Gasteiger partial charge in [0.25, 0.3) is 5.91 Å². The largest absolute Gasteiger partial charge is 0.573 e. The Kier molecular flexibility index (Phi) is 6.08. The van der Waals surface area contributed by atoms with E-state index in [0.29, 0.717) is 49.6 Å². The monoisotopic (exact) mass is 487 g/mol. The van der Waals surface area contributed by atoms with E-state index in [-0.39, 0.29) is 29.9 Å². The number of hydrogen-bond acceptors (Lipinski definition) is 5. The zero-order valence-electron chi connectivity index (χ0n) is 18.8. The summed E-state index contributed by atoms with van der Waals surface area (Å²) in [5, 5.41) is 10.5. The molecule has 0 bridgehead atoms. The number of carbonyl (C=O) groups excluding carboxylic acids is 2. The Labute approximate surface area is 199 Å². The number of benzene rings is 2. The van der Waals surface area contributed by atoms with Crippen LogP contribution in [0.2, 0.25) is 0 Å². The maximum Gasteiger partial charge on any atom is 0.573 e. The van der Waals surface area contributed by atoms with E-state index in [1.165, 1.54) is 24.3 Å². The fourth-order valence-electron chi connectivity index (χ4n) is 4.99. The van der Waals surface area contributed by atoms with Gasteiger partial charge < -0.3 is 14.5 Å². The number of ether oxygens (including phenoxy) is 1. The van der Waals surface area contributed by atoms with E-state index < -0.39 is 6.36 Å². The highest BCUT2D eigenvalue weighted by Crippen LogP contribution is 2.32. The lowest BCUT2D eigenvalue weighted by Gasteiger charge is -2.34. The quantitative estimate of drug-likeness (QED) is 0.596. The van der Waals surface area contributed by atoms with Gasteiger partial charge in [-0.15, -0.1) is 18.3 Å². The summed E-state index contributed by atoms with van der Waals surface area (Å²) in [6, 6.07) is 10.9. The van der Waals surface area contributed by atoms with Gasteiger partial charge in [-0.25, -0.2) is 0 Å². The zero-order valence-corrected chi connectivity index (χ0v) is 18.8. The summed E-state index contributed by atoms with van der Waals surface area (Å²) in [5.41, 5.74) is 2.76. The van der Waals surface area contributed by atoms with Crippen molar-refractivity contribution in [2.75, 3.05) is 26.2 Å². The standard InChI is InChI=1S/C24H24F3N5O3/c25-24(26,27)35-19-5-1-15(2-6-19)3-8-22(33)31-10-9-17-12-32(14-18(17)13-31)23(34)16-4-7-20-21(11-16)29-30-28-20/h1-2,4-7,11,17-18H,3,8-10,12-14H2,(H,28,29,30). The molecule has 5 rings (SSSR count). The molecular formula is C24H24F3N5O3. The normalized spacial score (nSPS) is 20.2. The highest BCUT2D eigenvalue weighted by atomic mass is 19.4. The van der Waals surface area contributed by atoms with Gasteiger partial charge in [-0.3, -0.25) is 14.7 Å². The fraction of sp³-hybridized carbons (Fsp3) is 0.417. The van der Waals surface area contributed by atoms with Crippen molar-refractivity contribution in [1.29, 1.82) is 0 Å². The molecule has 0 radical (unpaired) electrons. The van der Waals surface area contributed by atoms with Crippen LogP contribution in [0.1, 0.15) is 28.8 Å². The summed E-state index contributed by atoms with van der Waals surface area (Å²) >= 11 is 0. The first kappa shape index (κ1) is 23.1. The van der Waals surface area contributed by atoms with Crippen LogP contribution < -0.4 is 4.74 Å². The molecule has 0 aliphatic carbocycles. The number of likely N-dealkylation sites (tertiary alicyclic amines) is 2. The predicted octanol–water partition coefficient (Wildman–Crippen LogP) is 3.41. The van der Waals surface area contributed by atoms with Crippen molar-refractivity contribution in [2.24, 2.45) is 11.8 Å². The Morgan fingerprint density at radius 1 is 1.03 bits per heavy atom. The molecule has 2 amide bonds. The van der Waals surface area contributed by atoms with Gasteiger partial charge in [0.05, 0.1) is 5.52 Å². The van der Waals surface area contributed by atoms with Crippen molar-refractivity contribution in [3.63, 3.8) is 0 Å². The van der Waals surface area contributed by atoms with Gasteiger partial charge in [0, 0.05) is 38.2 Å². The first-order valence-corrected chi connectivity index (χ1v) is 11.5. The topological polar surface area (TPSA) is 91.4 Å². The van der Waals surface area contributed by atoms with Crippen molar-refractivity contribution < 1.29 is 27.5 Å². The lowest BCUT2D eigenvalue weighted by Crippen LogP contribution is -2.43. The lowest BCUT2D eigenvalue weighted by atomic mass is 9.88. The molecule has 1 aromatic heterocycles. The molecule has 2 atom stereocenters. The summed E-state index contributed by atoms with van der Waals surface area (Å²) in [7, 11) is 0. The summed E-state index contributed by atoms with van der Waals surface area (Å²) in [4.78, 5) is 29.6. The maximum atomic E-state index is 13.0. The first-order chi connectivity index (χ1) is 16.7. The number of carbonyl (C=O) groups is 2. The number of aryl methyl sites for hydroxylation is 1. The number of piperidine rings is 1. The van der Waals surface area contributed by atoms with E-state index in [9.17, 15) is 22.8 Å². The maximum absolute atomic E-state index is 13.0. The van der Waals surface area contributed by atoms with Crippen LogP contribution in [0.4, 0.5) is 13.2 Å². The molecule has 11 heteroatoms. The minimum Gasteiger partial charge on any atom is -0.406 e. The molecule has 2 unspecified atom stereocenters. The van der Waals surface area contributed by atoms with Crippen LogP contribution in [0.3, 0.4) is 0 Å². The van der Waals surface area contributed by atoms with Gasteiger partial charge in [0.2, 0.25) is 5.91 Å². The van der Waals surface area contributed by atoms with Crippen LogP contribution in [0.5, 0.6) is 5.75 Å². The second kappa shape index (κ2) is 9.20. The predicted molar refractivity (Wildman–Crippen MR) is 119 cm³/mol. The number of nitrogens with zero attached hydrogens (tertiary/aromatic N) is 4. The van der Waals surface area contributed by atoms with Crippen molar-refractivity contribution >= 4 is 22.8 Å². The van der Waals surface area contributed by atoms with E-state index in [2.05, 4.69) is 20.1 Å². The van der Waals surface area contributed by atoms with Crippen LogP contribution >= 0.6 is 0 Å². The summed E-state index contributed by atoms with van der Waals surface area (Å²) in [6.45, 7) is 2.53. The Morgan fingerprint density at radius 2 is 1.77 bits per heavy atom. The molecule has 2 saturated heterocycles. The van der Waals surface area contributed by atoms with Crippen molar-refractivity contribution in [1.82, 2.24) is 25.2 Å². The number of amides is 2. The second-order valence-corrected chi connectivity index (χ2v) is 9.09. The van der Waals surface area contributed by atoms with E-state index in [1.807, 2.05) is 9.80 Å². The molecule has 2 aliphatic rings. The third-order valence-electron chi connectivity index (χ3n) is 6.80. The van der Waals surface area contributed by atoms with Crippen LogP contribution in [-0.2, 0) is 11.2 Å². The molecular weight excluding hydrogens is 463 g/mol. The van der Waals surface area contributed by atoms with Gasteiger partial charge in [-0.1, -0.05) is 17.3 Å². The van der Waals surface area contributed by atoms with Gasteiger partial charge in [0.1, 0.15) is 11.3 Å². The number of alkyl halides is 3. The average molecular weight is 487 g/mol. The van der Waals surface area contributed by atoms with E-state index in [1.54, 1.807) is 18.2 Å². The van der Waals surface area contributed by atoms with Gasteiger partial charge >= 0.3 is 6.36 Å². The number of aromatic amines is 1. The van der Waals surface area contributed by atoms with Gasteiger partial charge in [0.15, 0.2) is 0 Å². The lowest BCUT2D eigenvalue weighted by molar-refractivity contribution is -0.274. The highest BCUT2D eigenvalue weighted by Gasteiger charge is 2.40. The average Bonchev–Trinajstić information content (AvgIpc) is 3.47. The Morgan fingerprint density at radius 3 is 2.54 bits per heavy atom. The van der Waals surface area contributed by atoms with Crippen molar-refractivity contribution in [2.45, 2.75) is 25.6 Å². The molecule has 2 aromatic carbocycles.